The monoisotopic (exact) mass is 946 g/mol. The molecule has 1 amide bonds. The Bertz CT molecular complexity index is 1000. The van der Waals surface area contributed by atoms with Crippen LogP contribution in [0.3, 0.4) is 0 Å². The Kier molecular flexibility index (Phi) is 56.0. The number of aliphatic hydroxyl groups excluding tert-OH is 2. The van der Waals surface area contributed by atoms with Crippen LogP contribution in [0.15, 0.2) is 12.2 Å². The number of ether oxygens (including phenoxy) is 1. The Morgan fingerprint density at radius 3 is 1.01 bits per heavy atom. The quantitative estimate of drug-likeness (QED) is 0.0321. The lowest BCUT2D eigenvalue weighted by Crippen LogP contribution is -2.45. The van der Waals surface area contributed by atoms with E-state index in [-0.39, 0.29) is 18.5 Å². The van der Waals surface area contributed by atoms with Crippen molar-refractivity contribution in [3.8, 4) is 0 Å². The average Bonchev–Trinajstić information content (AvgIpc) is 3.33. The number of hydrogen-bond donors (Lipinski definition) is 3. The van der Waals surface area contributed by atoms with Crippen molar-refractivity contribution in [1.29, 1.82) is 0 Å². The van der Waals surface area contributed by atoms with Crippen LogP contribution in [-0.4, -0.2) is 47.4 Å². The van der Waals surface area contributed by atoms with E-state index in [1.165, 1.54) is 276 Å². The first-order valence-corrected chi connectivity index (χ1v) is 30.5. The summed E-state index contributed by atoms with van der Waals surface area (Å²) < 4.78 is 5.47. The number of amides is 1. The molecule has 0 heterocycles. The van der Waals surface area contributed by atoms with Crippen molar-refractivity contribution >= 4 is 11.9 Å². The molecule has 0 aromatic carbocycles. The van der Waals surface area contributed by atoms with E-state index in [2.05, 4.69) is 19.2 Å². The van der Waals surface area contributed by atoms with Gasteiger partial charge in [-0.1, -0.05) is 309 Å². The molecule has 6 nitrogen and oxygen atoms in total. The molecule has 3 N–H and O–H groups in total. The number of nitrogens with one attached hydrogen (secondary N) is 1. The van der Waals surface area contributed by atoms with Gasteiger partial charge in [-0.15, -0.1) is 0 Å². The van der Waals surface area contributed by atoms with Crippen LogP contribution in [0.2, 0.25) is 0 Å². The molecule has 0 spiro atoms. The molecular weight excluding hydrogens is 827 g/mol. The molecule has 0 aromatic heterocycles. The van der Waals surface area contributed by atoms with E-state index in [1.807, 2.05) is 6.08 Å². The summed E-state index contributed by atoms with van der Waals surface area (Å²) in [5, 5.41) is 23.2. The highest BCUT2D eigenvalue weighted by Gasteiger charge is 2.18. The van der Waals surface area contributed by atoms with Crippen molar-refractivity contribution in [3.05, 3.63) is 12.2 Å². The topological polar surface area (TPSA) is 95.9 Å². The maximum Gasteiger partial charge on any atom is 0.305 e. The summed E-state index contributed by atoms with van der Waals surface area (Å²) in [6.45, 7) is 4.92. The maximum absolute atomic E-state index is 12.5. The standard InChI is InChI=1S/C61H119NO5/c1-3-5-7-9-11-13-15-17-18-19-20-21-23-26-30-33-37-41-45-49-53-59(64)58(57-63)62-60(65)54-50-46-42-38-34-31-27-24-22-25-28-32-36-40-44-48-52-56-67-61(66)55-51-47-43-39-35-29-16-14-12-10-8-6-4-2/h49,53,58-59,63-64H,3-48,50-52,54-57H2,1-2H3,(H,62,65)/b53-49+. The zero-order valence-electron chi connectivity index (χ0n) is 45.4. The molecule has 0 saturated heterocycles. The summed E-state index contributed by atoms with van der Waals surface area (Å²) in [7, 11) is 0. The van der Waals surface area contributed by atoms with Crippen molar-refractivity contribution in [2.75, 3.05) is 13.2 Å². The highest BCUT2D eigenvalue weighted by Crippen LogP contribution is 2.18. The van der Waals surface area contributed by atoms with Gasteiger partial charge in [0.25, 0.3) is 0 Å². The van der Waals surface area contributed by atoms with Crippen LogP contribution in [0.4, 0.5) is 0 Å². The Hall–Kier alpha value is -1.40. The predicted octanol–water partition coefficient (Wildman–Crippen LogP) is 18.9. The minimum atomic E-state index is -0.848. The lowest BCUT2D eigenvalue weighted by molar-refractivity contribution is -0.143. The van der Waals surface area contributed by atoms with Gasteiger partial charge in [0.15, 0.2) is 0 Å². The van der Waals surface area contributed by atoms with Gasteiger partial charge in [0.05, 0.1) is 25.4 Å². The molecule has 6 heteroatoms. The lowest BCUT2D eigenvalue weighted by Gasteiger charge is -2.20. The molecular formula is C61H119NO5. The van der Waals surface area contributed by atoms with Crippen LogP contribution in [0.1, 0.15) is 341 Å². The molecule has 2 atom stereocenters. The normalized spacial score (nSPS) is 12.6. The molecule has 0 rings (SSSR count). The third kappa shape index (κ3) is 53.8. The van der Waals surface area contributed by atoms with Gasteiger partial charge >= 0.3 is 5.97 Å². The van der Waals surface area contributed by atoms with Crippen LogP contribution < -0.4 is 5.32 Å². The SMILES string of the molecule is CCCCCCCCCCCCCCCCCCCC/C=C/C(O)C(CO)NC(=O)CCCCCCCCCCCCCCCCCCCOC(=O)CCCCCCCCCCCCCCC. The first kappa shape index (κ1) is 65.6. The van der Waals surface area contributed by atoms with Crippen LogP contribution >= 0.6 is 0 Å². The van der Waals surface area contributed by atoms with Gasteiger partial charge in [0.2, 0.25) is 5.91 Å². The zero-order valence-corrected chi connectivity index (χ0v) is 45.4. The van der Waals surface area contributed by atoms with E-state index in [4.69, 9.17) is 4.74 Å². The summed E-state index contributed by atoms with van der Waals surface area (Å²) >= 11 is 0. The highest BCUT2D eigenvalue weighted by molar-refractivity contribution is 5.76. The average molecular weight is 947 g/mol. The van der Waals surface area contributed by atoms with Crippen molar-refractivity contribution in [2.24, 2.45) is 0 Å². The van der Waals surface area contributed by atoms with E-state index in [9.17, 15) is 19.8 Å². The second-order valence-electron chi connectivity index (χ2n) is 21.0. The number of unbranched alkanes of at least 4 members (excludes halogenated alkanes) is 46. The molecule has 2 unspecified atom stereocenters. The first-order valence-electron chi connectivity index (χ1n) is 30.5. The molecule has 0 radical (unpaired) electrons. The Morgan fingerprint density at radius 2 is 0.687 bits per heavy atom. The summed E-state index contributed by atoms with van der Waals surface area (Å²) in [6, 6.07) is -0.631. The summed E-state index contributed by atoms with van der Waals surface area (Å²) in [5.41, 5.74) is 0. The van der Waals surface area contributed by atoms with Crippen molar-refractivity contribution < 1.29 is 24.5 Å². The van der Waals surface area contributed by atoms with Crippen LogP contribution in [0.5, 0.6) is 0 Å². The number of hydrogen-bond acceptors (Lipinski definition) is 5. The third-order valence-corrected chi connectivity index (χ3v) is 14.3. The minimum absolute atomic E-state index is 0.00679. The van der Waals surface area contributed by atoms with Crippen molar-refractivity contribution in [2.45, 2.75) is 353 Å². The zero-order chi connectivity index (χ0) is 48.6. The van der Waals surface area contributed by atoms with Gasteiger partial charge in [0.1, 0.15) is 0 Å². The number of carbonyl (C=O) groups excluding carboxylic acids is 2. The fourth-order valence-electron chi connectivity index (χ4n) is 9.64. The van der Waals surface area contributed by atoms with Crippen LogP contribution in [0.25, 0.3) is 0 Å². The largest absolute Gasteiger partial charge is 0.466 e. The number of carbonyl (C=O) groups is 2. The van der Waals surface area contributed by atoms with Gasteiger partial charge in [-0.2, -0.15) is 0 Å². The Balaban J connectivity index is 3.44. The maximum atomic E-state index is 12.5. The minimum Gasteiger partial charge on any atom is -0.466 e. The van der Waals surface area contributed by atoms with Crippen molar-refractivity contribution in [3.63, 3.8) is 0 Å². The Morgan fingerprint density at radius 1 is 0.403 bits per heavy atom. The van der Waals surface area contributed by atoms with E-state index in [0.29, 0.717) is 19.4 Å². The van der Waals surface area contributed by atoms with Gasteiger partial charge in [-0.05, 0) is 32.1 Å². The molecule has 67 heavy (non-hydrogen) atoms. The van der Waals surface area contributed by atoms with Crippen LogP contribution in [-0.2, 0) is 14.3 Å². The van der Waals surface area contributed by atoms with Gasteiger partial charge in [0, 0.05) is 12.8 Å². The summed E-state index contributed by atoms with van der Waals surface area (Å²) in [6.07, 6.45) is 68.1. The molecule has 0 aromatic rings. The number of esters is 1. The van der Waals surface area contributed by atoms with Gasteiger partial charge in [-0.25, -0.2) is 0 Å². The van der Waals surface area contributed by atoms with E-state index >= 15 is 0 Å². The molecule has 0 aliphatic carbocycles. The second kappa shape index (κ2) is 57.2. The smallest absolute Gasteiger partial charge is 0.305 e. The fourth-order valence-corrected chi connectivity index (χ4v) is 9.64. The van der Waals surface area contributed by atoms with E-state index < -0.39 is 12.1 Å². The van der Waals surface area contributed by atoms with E-state index in [0.717, 1.165) is 38.5 Å². The molecule has 0 bridgehead atoms. The Labute approximate surface area is 419 Å². The lowest BCUT2D eigenvalue weighted by atomic mass is 10.0. The molecule has 0 aliphatic heterocycles. The molecule has 0 aliphatic rings. The first-order chi connectivity index (χ1) is 33.0. The summed E-state index contributed by atoms with van der Waals surface area (Å²) in [5.74, 6) is -0.0629. The second-order valence-corrected chi connectivity index (χ2v) is 21.0. The van der Waals surface area contributed by atoms with Gasteiger partial charge < -0.3 is 20.3 Å². The van der Waals surface area contributed by atoms with Crippen LogP contribution in [0, 0.1) is 0 Å². The molecule has 0 fully saturated rings. The number of aliphatic hydroxyl groups is 2. The summed E-state index contributed by atoms with van der Waals surface area (Å²) in [4.78, 5) is 24.5. The highest BCUT2D eigenvalue weighted by atomic mass is 16.5. The number of allylic oxidation sites excluding steroid dienone is 1. The predicted molar refractivity (Wildman–Crippen MR) is 292 cm³/mol. The fraction of sp³-hybridized carbons (Fsp3) is 0.934. The van der Waals surface area contributed by atoms with Crippen molar-refractivity contribution in [1.82, 2.24) is 5.32 Å². The molecule has 398 valence electrons. The number of rotatable bonds is 57. The molecule has 0 saturated carbocycles. The third-order valence-electron chi connectivity index (χ3n) is 14.3. The van der Waals surface area contributed by atoms with E-state index in [1.54, 1.807) is 6.08 Å². The van der Waals surface area contributed by atoms with Gasteiger partial charge in [-0.3, -0.25) is 9.59 Å².